The van der Waals surface area contributed by atoms with E-state index in [1.54, 1.807) is 73.8 Å². The Morgan fingerprint density at radius 3 is 1.75 bits per heavy atom. The van der Waals surface area contributed by atoms with Crippen LogP contribution in [0.5, 0.6) is 17.2 Å². The first kappa shape index (κ1) is 40.1. The summed E-state index contributed by atoms with van der Waals surface area (Å²) in [7, 11) is -4.87. The van der Waals surface area contributed by atoms with Crippen LogP contribution in [-0.2, 0) is 39.7 Å². The maximum absolute atomic E-state index is 15.5. The number of aromatic nitrogens is 4. The fourth-order valence-electron chi connectivity index (χ4n) is 6.97. The molecule has 0 spiro atoms. The predicted molar refractivity (Wildman–Crippen MR) is 205 cm³/mol. The number of nitrogens with two attached hydrogens (primary N) is 1. The lowest BCUT2D eigenvalue weighted by Gasteiger charge is -2.31. The highest BCUT2D eigenvalue weighted by atomic mass is 32.2. The number of nitrogens with one attached hydrogen (secondary N) is 1. The number of nitrogens with zero attached hydrogens (tertiary/aromatic N) is 5. The first-order valence-corrected chi connectivity index (χ1v) is 20.6. The number of carboxylic acid groups (broad SMARTS) is 1. The van der Waals surface area contributed by atoms with Crippen molar-refractivity contribution in [1.82, 2.24) is 29.8 Å². The fourth-order valence-corrected chi connectivity index (χ4v) is 9.94. The van der Waals surface area contributed by atoms with Gasteiger partial charge >= 0.3 is 6.09 Å². The Balaban J connectivity index is 1.57. The number of benzene rings is 4. The van der Waals surface area contributed by atoms with Gasteiger partial charge in [-0.3, -0.25) is 0 Å². The maximum atomic E-state index is 15.5. The summed E-state index contributed by atoms with van der Waals surface area (Å²) in [5.74, 6) is 1.47. The van der Waals surface area contributed by atoms with Crippen molar-refractivity contribution in [3.05, 3.63) is 107 Å². The molecule has 1 aliphatic carbocycles. The fraction of sp³-hybridized carbons (Fsp3) is 0.316. The van der Waals surface area contributed by atoms with Crippen molar-refractivity contribution >= 4 is 26.1 Å². The third-order valence-electron chi connectivity index (χ3n) is 9.84. The number of primary sulfonamides is 1. The predicted octanol–water partition coefficient (Wildman–Crippen LogP) is 4.75. The zero-order valence-electron chi connectivity index (χ0n) is 31.0. The number of hydrogen-bond donors (Lipinski definition) is 3. The van der Waals surface area contributed by atoms with Gasteiger partial charge in [0.05, 0.1) is 27.9 Å². The Bertz CT molecular complexity index is 2310. The van der Waals surface area contributed by atoms with Crippen LogP contribution in [0.4, 0.5) is 4.79 Å². The number of tetrazole rings is 1. The van der Waals surface area contributed by atoms with Gasteiger partial charge in [0.25, 0.3) is 0 Å². The molecule has 5 aromatic rings. The molecule has 0 unspecified atom stereocenters. The van der Waals surface area contributed by atoms with Crippen molar-refractivity contribution in [2.24, 2.45) is 5.14 Å². The van der Waals surface area contributed by atoms with E-state index in [0.29, 0.717) is 59.6 Å². The van der Waals surface area contributed by atoms with Crippen LogP contribution in [0, 0.1) is 0 Å². The number of carbonyl (C=O) groups is 1. The Kier molecular flexibility index (Phi) is 12.2. The summed E-state index contributed by atoms with van der Waals surface area (Å²) < 4.78 is 76.6. The minimum absolute atomic E-state index is 0.000794. The molecule has 16 nitrogen and oxygen atoms in total. The quantitative estimate of drug-likeness (QED) is 0.131. The van der Waals surface area contributed by atoms with Crippen LogP contribution in [-0.4, -0.2) is 79.9 Å². The Labute approximate surface area is 325 Å². The van der Waals surface area contributed by atoms with Gasteiger partial charge in [0.1, 0.15) is 27.0 Å². The zero-order chi connectivity index (χ0) is 40.0. The van der Waals surface area contributed by atoms with Crippen LogP contribution < -0.4 is 24.7 Å². The molecule has 1 aliphatic rings. The molecule has 1 heterocycles. The van der Waals surface area contributed by atoms with E-state index in [-0.39, 0.29) is 43.0 Å². The molecule has 0 aliphatic heterocycles. The van der Waals surface area contributed by atoms with Gasteiger partial charge in [-0.15, -0.1) is 5.10 Å². The van der Waals surface area contributed by atoms with E-state index >= 15 is 8.42 Å². The van der Waals surface area contributed by atoms with E-state index in [2.05, 4.69) is 20.8 Å². The minimum atomic E-state index is -4.79. The summed E-state index contributed by atoms with van der Waals surface area (Å²) in [5.41, 5.74) is 2.45. The molecule has 4 aromatic carbocycles. The lowest BCUT2D eigenvalue weighted by atomic mass is 9.80. The van der Waals surface area contributed by atoms with Crippen molar-refractivity contribution < 1.29 is 40.9 Å². The number of ether oxygens (including phenoxy) is 3. The molecule has 1 fully saturated rings. The number of hydrogen-bond acceptors (Lipinski definition) is 11. The van der Waals surface area contributed by atoms with Crippen LogP contribution in [0.25, 0.3) is 11.4 Å². The summed E-state index contributed by atoms with van der Waals surface area (Å²) in [5, 5.41) is 30.2. The van der Waals surface area contributed by atoms with E-state index in [1.165, 1.54) is 29.3 Å². The van der Waals surface area contributed by atoms with E-state index in [4.69, 9.17) is 19.3 Å². The smallest absolute Gasteiger partial charge is 0.404 e. The lowest BCUT2D eigenvalue weighted by molar-refractivity contribution is 0.185. The minimum Gasteiger partial charge on any atom is -0.497 e. The lowest BCUT2D eigenvalue weighted by Crippen LogP contribution is -2.36. The molecule has 18 heteroatoms. The van der Waals surface area contributed by atoms with Crippen LogP contribution in [0.15, 0.2) is 94.7 Å². The molecule has 1 aromatic heterocycles. The number of rotatable bonds is 15. The van der Waals surface area contributed by atoms with Crippen LogP contribution in [0.3, 0.4) is 0 Å². The topological polar surface area (TPSA) is 218 Å². The molecular weight excluding hydrogens is 763 g/mol. The Morgan fingerprint density at radius 2 is 1.29 bits per heavy atom. The Morgan fingerprint density at radius 1 is 0.786 bits per heavy atom. The average molecular weight is 806 g/mol. The number of amides is 1. The highest BCUT2D eigenvalue weighted by Crippen LogP contribution is 2.44. The van der Waals surface area contributed by atoms with Gasteiger partial charge in [0.2, 0.25) is 20.0 Å². The molecule has 56 heavy (non-hydrogen) atoms. The number of methoxy groups -OCH3 is 3. The summed E-state index contributed by atoms with van der Waals surface area (Å²) in [6.45, 7) is -0.217. The summed E-state index contributed by atoms with van der Waals surface area (Å²) in [4.78, 5) is 10.3. The maximum Gasteiger partial charge on any atom is 0.404 e. The molecule has 0 radical (unpaired) electrons. The Hall–Kier alpha value is -5.56. The average Bonchev–Trinajstić information content (AvgIpc) is 3.65. The van der Waals surface area contributed by atoms with E-state index in [9.17, 15) is 18.3 Å². The van der Waals surface area contributed by atoms with Gasteiger partial charge in [-0.1, -0.05) is 42.5 Å². The molecule has 6 rings (SSSR count). The second kappa shape index (κ2) is 17.1. The third kappa shape index (κ3) is 9.10. The van der Waals surface area contributed by atoms with E-state index < -0.39 is 35.9 Å². The van der Waals surface area contributed by atoms with Crippen LogP contribution in [0.2, 0.25) is 0 Å². The molecule has 0 saturated heterocycles. The normalized spacial score (nSPS) is 16.0. The van der Waals surface area contributed by atoms with Crippen LogP contribution >= 0.6 is 0 Å². The first-order valence-electron chi connectivity index (χ1n) is 17.6. The van der Waals surface area contributed by atoms with Gasteiger partial charge in [0.15, 0.2) is 5.82 Å². The second-order valence-corrected chi connectivity index (χ2v) is 16.8. The van der Waals surface area contributed by atoms with Crippen molar-refractivity contribution in [2.45, 2.75) is 67.1 Å². The van der Waals surface area contributed by atoms with E-state index in [1.807, 2.05) is 12.1 Å². The van der Waals surface area contributed by atoms with Gasteiger partial charge < -0.3 is 24.6 Å². The molecular formula is C38H43N7O9S2. The third-order valence-corrected chi connectivity index (χ3v) is 12.8. The molecule has 1 saturated carbocycles. The molecule has 0 atom stereocenters. The monoisotopic (exact) mass is 805 g/mol. The van der Waals surface area contributed by atoms with Gasteiger partial charge in [0, 0.05) is 24.7 Å². The van der Waals surface area contributed by atoms with Crippen molar-refractivity contribution in [3.63, 3.8) is 0 Å². The second-order valence-electron chi connectivity index (χ2n) is 13.4. The largest absolute Gasteiger partial charge is 0.497 e. The van der Waals surface area contributed by atoms with Crippen molar-refractivity contribution in [1.29, 1.82) is 0 Å². The zero-order valence-corrected chi connectivity index (χ0v) is 32.7. The first-order chi connectivity index (χ1) is 26.8. The van der Waals surface area contributed by atoms with Crippen molar-refractivity contribution in [2.75, 3.05) is 21.3 Å². The van der Waals surface area contributed by atoms with Gasteiger partial charge in [-0.2, -0.15) is 4.31 Å². The van der Waals surface area contributed by atoms with Crippen molar-refractivity contribution in [3.8, 4) is 28.6 Å². The van der Waals surface area contributed by atoms with Gasteiger partial charge in [-0.25, -0.2) is 31.5 Å². The standard InChI is InChI=1S/C38H43N7O9S2/c1-52-30-14-4-25(5-15-30)22-44(23-26-6-16-31(53-2)17-7-26)56(50,51)36-34(55(39,48)49)21-20-33(28-10-12-29(13-11-28)40-38(46)47)35(36)37-41-42-43-45(37)24-27-8-18-32(54-3)19-9-27/h4-9,14-21,28-29,40H,10-13,22-24H2,1-3H3,(H,46,47)(H2,39,48,49). The number of sulfonamides is 2. The molecule has 4 N–H and O–H groups in total. The summed E-state index contributed by atoms with van der Waals surface area (Å²) >= 11 is 0. The molecule has 296 valence electrons. The summed E-state index contributed by atoms with van der Waals surface area (Å²) in [6.07, 6.45) is 0.730. The SMILES string of the molecule is COc1ccc(CN(Cc2ccc(OC)cc2)S(=O)(=O)c2c(S(N)(=O)=O)ccc(C3CCC(NC(=O)O)CC3)c2-c2nnnn2Cc2ccc(OC)cc2)cc1. The van der Waals surface area contributed by atoms with E-state index in [0.717, 1.165) is 5.56 Å². The molecule has 0 bridgehead atoms. The van der Waals surface area contributed by atoms with Gasteiger partial charge in [-0.05, 0) is 107 Å². The van der Waals surface area contributed by atoms with Crippen LogP contribution in [0.1, 0.15) is 53.9 Å². The summed E-state index contributed by atoms with van der Waals surface area (Å²) in [6, 6.07) is 23.4. The highest BCUT2D eigenvalue weighted by Gasteiger charge is 2.39. The highest BCUT2D eigenvalue weighted by molar-refractivity contribution is 7.92. The molecule has 1 amide bonds.